The summed E-state index contributed by atoms with van der Waals surface area (Å²) in [6.45, 7) is 0. The molecule has 0 saturated carbocycles. The van der Waals surface area contributed by atoms with Crippen molar-refractivity contribution >= 4 is 34.4 Å². The Morgan fingerprint density at radius 1 is 0.639 bits per heavy atom. The molecule has 1 heterocycles. The second-order valence-electron chi connectivity index (χ2n) is 6.75. The summed E-state index contributed by atoms with van der Waals surface area (Å²) in [6.07, 6.45) is -7.73. The van der Waals surface area contributed by atoms with Gasteiger partial charge < -0.3 is 5.32 Å². The molecule has 0 fully saturated rings. The van der Waals surface area contributed by atoms with E-state index in [-0.39, 0.29) is 11.0 Å². The van der Waals surface area contributed by atoms with Crippen molar-refractivity contribution in [3.63, 3.8) is 0 Å². The van der Waals surface area contributed by atoms with Gasteiger partial charge in [0.1, 0.15) is 0 Å². The smallest absolute Gasteiger partial charge is 0.303 e. The standard InChI is InChI=1S/C16H5ClF15N3O/c17-7-8(34-6-4-2-1-3-5(6)33-7)35-9(36)10(18,19)11(20,21)12(22,23)13(24,25)14(26,27)15(28,29)16(30,31)32/h1-4H,(H,34,35,36). The lowest BCUT2D eigenvalue weighted by molar-refractivity contribution is -0.449. The number of fused-ring (bicyclic) bond motifs is 1. The molecule has 36 heavy (non-hydrogen) atoms. The van der Waals surface area contributed by atoms with Gasteiger partial charge in [-0.3, -0.25) is 4.79 Å². The van der Waals surface area contributed by atoms with Crippen molar-refractivity contribution in [1.29, 1.82) is 0 Å². The van der Waals surface area contributed by atoms with Crippen molar-refractivity contribution < 1.29 is 70.7 Å². The third-order valence-electron chi connectivity index (χ3n) is 4.37. The number of nitrogens with one attached hydrogen (secondary N) is 1. The molecule has 2 rings (SSSR count). The molecule has 0 aliphatic carbocycles. The van der Waals surface area contributed by atoms with Crippen molar-refractivity contribution in [3.8, 4) is 0 Å². The minimum absolute atomic E-state index is 0.100. The molecule has 4 nitrogen and oxygen atoms in total. The van der Waals surface area contributed by atoms with Crippen molar-refractivity contribution in [1.82, 2.24) is 9.97 Å². The predicted octanol–water partition coefficient (Wildman–Crippen LogP) is 6.60. The first kappa shape index (κ1) is 29.5. The number of amides is 1. The quantitative estimate of drug-likeness (QED) is 0.379. The summed E-state index contributed by atoms with van der Waals surface area (Å²) in [6, 6.07) is 4.83. The number of halogens is 16. The van der Waals surface area contributed by atoms with Gasteiger partial charge in [-0.15, -0.1) is 0 Å². The molecule has 0 radical (unpaired) electrons. The molecule has 1 aromatic carbocycles. The Kier molecular flexibility index (Phi) is 6.89. The van der Waals surface area contributed by atoms with Crippen LogP contribution in [0.3, 0.4) is 0 Å². The van der Waals surface area contributed by atoms with Crippen LogP contribution in [0.4, 0.5) is 71.7 Å². The highest BCUT2D eigenvalue weighted by Gasteiger charge is 2.94. The normalized spacial score (nSPS) is 14.8. The Labute approximate surface area is 192 Å². The summed E-state index contributed by atoms with van der Waals surface area (Å²) in [5, 5.41) is -0.363. The molecule has 1 N–H and O–H groups in total. The average molecular weight is 576 g/mol. The summed E-state index contributed by atoms with van der Waals surface area (Å²) >= 11 is 5.45. The summed E-state index contributed by atoms with van der Waals surface area (Å²) in [5.41, 5.74) is -0.394. The maximum atomic E-state index is 13.9. The molecule has 0 aliphatic heterocycles. The van der Waals surface area contributed by atoms with Crippen molar-refractivity contribution in [2.45, 2.75) is 41.7 Å². The number of aromatic nitrogens is 2. The molecule has 202 valence electrons. The van der Waals surface area contributed by atoms with Crippen LogP contribution in [0.15, 0.2) is 24.3 Å². The van der Waals surface area contributed by atoms with Crippen LogP contribution in [0.25, 0.3) is 11.0 Å². The monoisotopic (exact) mass is 575 g/mol. The molecular weight excluding hydrogens is 571 g/mol. The Morgan fingerprint density at radius 3 is 1.47 bits per heavy atom. The lowest BCUT2D eigenvalue weighted by Gasteiger charge is -2.41. The molecule has 20 heteroatoms. The van der Waals surface area contributed by atoms with Crippen LogP contribution in [0.5, 0.6) is 0 Å². The zero-order valence-electron chi connectivity index (χ0n) is 16.2. The van der Waals surface area contributed by atoms with Crippen molar-refractivity contribution in [2.24, 2.45) is 0 Å². The zero-order chi connectivity index (χ0) is 28.3. The number of hydrogen-bond acceptors (Lipinski definition) is 3. The number of carbonyl (C=O) groups is 1. The Hall–Kier alpha value is -2.73. The predicted molar refractivity (Wildman–Crippen MR) is 88.9 cm³/mol. The lowest BCUT2D eigenvalue weighted by atomic mass is 9.91. The Morgan fingerprint density at radius 2 is 1.03 bits per heavy atom. The van der Waals surface area contributed by atoms with Crippen molar-refractivity contribution in [3.05, 3.63) is 29.4 Å². The van der Waals surface area contributed by atoms with E-state index in [0.717, 1.165) is 6.07 Å². The fourth-order valence-electron chi connectivity index (χ4n) is 2.35. The largest absolute Gasteiger partial charge is 0.460 e. The Bertz CT molecular complexity index is 1170. The van der Waals surface area contributed by atoms with Crippen LogP contribution in [0.1, 0.15) is 0 Å². The topological polar surface area (TPSA) is 54.9 Å². The van der Waals surface area contributed by atoms with Gasteiger partial charge in [-0.25, -0.2) is 9.97 Å². The first-order chi connectivity index (χ1) is 15.9. The van der Waals surface area contributed by atoms with E-state index in [9.17, 15) is 70.7 Å². The number of alkyl halides is 15. The number of hydrogen-bond donors (Lipinski definition) is 1. The van der Waals surface area contributed by atoms with E-state index < -0.39 is 58.6 Å². The van der Waals surface area contributed by atoms with Crippen LogP contribution in [-0.4, -0.2) is 57.6 Å². The van der Waals surface area contributed by atoms with E-state index in [2.05, 4.69) is 9.97 Å². The number of rotatable bonds is 7. The lowest BCUT2D eigenvalue weighted by Crippen LogP contribution is -2.73. The molecule has 2 aromatic rings. The van der Waals surface area contributed by atoms with Gasteiger partial charge in [0.05, 0.1) is 11.0 Å². The zero-order valence-corrected chi connectivity index (χ0v) is 16.9. The van der Waals surface area contributed by atoms with Gasteiger partial charge in [0.25, 0.3) is 0 Å². The highest BCUT2D eigenvalue weighted by atomic mass is 35.5. The molecular formula is C16H5ClF15N3O. The number of nitrogens with zero attached hydrogens (tertiary/aromatic N) is 2. The van der Waals surface area contributed by atoms with Crippen LogP contribution < -0.4 is 5.32 Å². The fourth-order valence-corrected chi connectivity index (χ4v) is 2.53. The van der Waals surface area contributed by atoms with Gasteiger partial charge in [-0.1, -0.05) is 23.7 Å². The second-order valence-corrected chi connectivity index (χ2v) is 7.11. The molecule has 0 bridgehead atoms. The SMILES string of the molecule is O=C(Nc1nc2ccccc2nc1Cl)C(F)(F)C(F)(F)C(F)(F)C(F)(F)C(F)(F)C(F)(F)C(F)(F)F. The molecule has 0 atom stereocenters. The summed E-state index contributed by atoms with van der Waals surface area (Å²) in [4.78, 5) is 18.4. The molecule has 1 amide bonds. The highest BCUT2D eigenvalue weighted by Crippen LogP contribution is 2.62. The summed E-state index contributed by atoms with van der Waals surface area (Å²) in [5.74, 6) is -53.6. The molecule has 0 unspecified atom stereocenters. The van der Waals surface area contributed by atoms with E-state index in [0.29, 0.717) is 5.32 Å². The number of anilines is 1. The minimum atomic E-state index is -8.51. The molecule has 0 saturated heterocycles. The van der Waals surface area contributed by atoms with E-state index >= 15 is 0 Å². The van der Waals surface area contributed by atoms with E-state index in [4.69, 9.17) is 11.6 Å². The second kappa shape index (κ2) is 8.41. The maximum absolute atomic E-state index is 13.9. The Balaban J connectivity index is 2.52. The molecule has 0 spiro atoms. The molecule has 1 aromatic heterocycles. The van der Waals surface area contributed by atoms with Crippen LogP contribution in [0.2, 0.25) is 5.15 Å². The number of para-hydroxylation sites is 2. The maximum Gasteiger partial charge on any atom is 0.460 e. The third-order valence-corrected chi connectivity index (χ3v) is 4.64. The molecule has 0 aliphatic rings. The summed E-state index contributed by atoms with van der Waals surface area (Å²) in [7, 11) is 0. The van der Waals surface area contributed by atoms with Gasteiger partial charge in [0, 0.05) is 0 Å². The minimum Gasteiger partial charge on any atom is -0.303 e. The van der Waals surface area contributed by atoms with Gasteiger partial charge in [-0.2, -0.15) is 65.9 Å². The first-order valence-electron chi connectivity index (χ1n) is 8.45. The fraction of sp³-hybridized carbons (Fsp3) is 0.438. The number of carbonyl (C=O) groups excluding carboxylic acids is 1. The summed E-state index contributed by atoms with van der Waals surface area (Å²) < 4.78 is 198. The average Bonchev–Trinajstić information content (AvgIpc) is 2.72. The van der Waals surface area contributed by atoms with Gasteiger partial charge in [-0.05, 0) is 12.1 Å². The van der Waals surface area contributed by atoms with E-state index in [1.807, 2.05) is 0 Å². The van der Waals surface area contributed by atoms with E-state index in [1.165, 1.54) is 18.2 Å². The third kappa shape index (κ3) is 4.03. The van der Waals surface area contributed by atoms with Gasteiger partial charge in [0.2, 0.25) is 0 Å². The van der Waals surface area contributed by atoms with E-state index in [1.54, 1.807) is 0 Å². The van der Waals surface area contributed by atoms with Crippen molar-refractivity contribution in [2.75, 3.05) is 5.32 Å². The van der Waals surface area contributed by atoms with Gasteiger partial charge in [0.15, 0.2) is 11.0 Å². The van der Waals surface area contributed by atoms with Crippen LogP contribution in [-0.2, 0) is 4.79 Å². The van der Waals surface area contributed by atoms with Crippen LogP contribution >= 0.6 is 11.6 Å². The number of benzene rings is 1. The van der Waals surface area contributed by atoms with Gasteiger partial charge >= 0.3 is 47.6 Å². The van der Waals surface area contributed by atoms with Crippen LogP contribution in [0, 0.1) is 0 Å². The highest BCUT2D eigenvalue weighted by molar-refractivity contribution is 6.32. The first-order valence-corrected chi connectivity index (χ1v) is 8.83.